The van der Waals surface area contributed by atoms with Crippen molar-refractivity contribution in [2.75, 3.05) is 0 Å². The minimum Gasteiger partial charge on any atom is -0.478 e. The highest BCUT2D eigenvalue weighted by Gasteiger charge is 2.05. The van der Waals surface area contributed by atoms with Gasteiger partial charge in [-0.1, -0.05) is 6.07 Å². The van der Waals surface area contributed by atoms with E-state index in [0.717, 1.165) is 10.9 Å². The van der Waals surface area contributed by atoms with Crippen molar-refractivity contribution in [1.82, 2.24) is 4.57 Å². The summed E-state index contributed by atoms with van der Waals surface area (Å²) in [5.74, 6) is -1.08. The summed E-state index contributed by atoms with van der Waals surface area (Å²) in [4.78, 5) is 23.3. The van der Waals surface area contributed by atoms with Crippen LogP contribution in [0.15, 0.2) is 40.6 Å². The van der Waals surface area contributed by atoms with Gasteiger partial charge in [-0.05, 0) is 17.5 Å². The van der Waals surface area contributed by atoms with Gasteiger partial charge in [0.25, 0.3) is 5.56 Å². The van der Waals surface area contributed by atoms with Crippen molar-refractivity contribution in [1.29, 1.82) is 0 Å². The Balaban J connectivity index is 2.30. The van der Waals surface area contributed by atoms with Gasteiger partial charge in [0.15, 0.2) is 0 Å². The second-order valence-electron chi connectivity index (χ2n) is 3.27. The first-order chi connectivity index (χ1) is 7.66. The van der Waals surface area contributed by atoms with Crippen molar-refractivity contribution in [3.63, 3.8) is 0 Å². The number of hydrogen-bond donors (Lipinski definition) is 1. The number of nitrogens with zero attached hydrogens (tertiary/aromatic N) is 1. The largest absolute Gasteiger partial charge is 0.478 e. The van der Waals surface area contributed by atoms with E-state index in [2.05, 4.69) is 0 Å². The Morgan fingerprint density at radius 3 is 2.81 bits per heavy atom. The molecule has 0 amide bonds. The average Bonchev–Trinajstić information content (AvgIpc) is 2.73. The highest BCUT2D eigenvalue weighted by Crippen LogP contribution is 2.09. The smallest absolute Gasteiger partial charge is 0.335 e. The fourth-order valence-corrected chi connectivity index (χ4v) is 2.04. The zero-order chi connectivity index (χ0) is 11.5. The van der Waals surface area contributed by atoms with Crippen LogP contribution in [0.2, 0.25) is 0 Å². The van der Waals surface area contributed by atoms with Crippen molar-refractivity contribution >= 4 is 17.3 Å². The molecule has 82 valence electrons. The number of carbonyl (C=O) groups is 1. The molecule has 0 aliphatic rings. The average molecular weight is 235 g/mol. The molecule has 2 aromatic rings. The van der Waals surface area contributed by atoms with E-state index in [4.69, 9.17) is 5.11 Å². The highest BCUT2D eigenvalue weighted by molar-refractivity contribution is 7.09. The van der Waals surface area contributed by atoms with E-state index in [9.17, 15) is 9.59 Å². The lowest BCUT2D eigenvalue weighted by Crippen LogP contribution is -2.20. The third kappa shape index (κ3) is 2.20. The van der Waals surface area contributed by atoms with Gasteiger partial charge in [-0.15, -0.1) is 11.3 Å². The van der Waals surface area contributed by atoms with Gasteiger partial charge in [0.1, 0.15) is 0 Å². The summed E-state index contributed by atoms with van der Waals surface area (Å²) < 4.78 is 1.48. The van der Waals surface area contributed by atoms with Gasteiger partial charge in [-0.3, -0.25) is 4.79 Å². The van der Waals surface area contributed by atoms with Crippen LogP contribution in [0.3, 0.4) is 0 Å². The van der Waals surface area contributed by atoms with E-state index in [1.165, 1.54) is 16.8 Å². The highest BCUT2D eigenvalue weighted by atomic mass is 32.1. The summed E-state index contributed by atoms with van der Waals surface area (Å²) in [5, 5.41) is 10.6. The van der Waals surface area contributed by atoms with Gasteiger partial charge in [0.05, 0.1) is 12.1 Å². The number of carboxylic acids is 1. The van der Waals surface area contributed by atoms with E-state index in [1.54, 1.807) is 11.3 Å². The zero-order valence-electron chi connectivity index (χ0n) is 8.29. The lowest BCUT2D eigenvalue weighted by atomic mass is 10.3. The van der Waals surface area contributed by atoms with Crippen LogP contribution >= 0.6 is 11.3 Å². The number of carboxylic acid groups (broad SMARTS) is 1. The van der Waals surface area contributed by atoms with Crippen molar-refractivity contribution in [3.8, 4) is 0 Å². The molecule has 0 aliphatic heterocycles. The maximum atomic E-state index is 11.6. The first kappa shape index (κ1) is 10.6. The van der Waals surface area contributed by atoms with Crippen LogP contribution in [-0.4, -0.2) is 15.6 Å². The Morgan fingerprint density at radius 1 is 1.44 bits per heavy atom. The van der Waals surface area contributed by atoms with Gasteiger partial charge in [0.2, 0.25) is 0 Å². The number of aromatic nitrogens is 1. The lowest BCUT2D eigenvalue weighted by molar-refractivity contribution is 0.0696. The second-order valence-corrected chi connectivity index (χ2v) is 4.30. The number of pyridine rings is 1. The van der Waals surface area contributed by atoms with Gasteiger partial charge < -0.3 is 9.67 Å². The summed E-state index contributed by atoms with van der Waals surface area (Å²) in [6.45, 7) is 0.483. The maximum absolute atomic E-state index is 11.6. The number of rotatable bonds is 3. The topological polar surface area (TPSA) is 59.3 Å². The van der Waals surface area contributed by atoms with Crippen LogP contribution in [0.25, 0.3) is 0 Å². The normalized spacial score (nSPS) is 10.2. The number of thiophene rings is 1. The second kappa shape index (κ2) is 4.32. The molecule has 0 saturated heterocycles. The lowest BCUT2D eigenvalue weighted by Gasteiger charge is -2.03. The molecule has 5 heteroatoms. The molecule has 2 rings (SSSR count). The molecule has 0 aliphatic carbocycles. The minimum absolute atomic E-state index is 0.0208. The van der Waals surface area contributed by atoms with E-state index in [0.29, 0.717) is 6.54 Å². The standard InChI is InChI=1S/C11H9NO3S/c13-10-6-8(11(14)15)3-4-12(10)7-9-2-1-5-16-9/h1-6H,7H2,(H,14,15). The minimum atomic E-state index is -1.08. The Bertz CT molecular complexity index is 557. The summed E-state index contributed by atoms with van der Waals surface area (Å²) in [6, 6.07) is 6.41. The molecule has 0 spiro atoms. The molecular weight excluding hydrogens is 226 g/mol. The van der Waals surface area contributed by atoms with E-state index in [1.807, 2.05) is 17.5 Å². The van der Waals surface area contributed by atoms with E-state index in [-0.39, 0.29) is 11.1 Å². The summed E-state index contributed by atoms with van der Waals surface area (Å²) in [5.41, 5.74) is -0.277. The molecule has 0 atom stereocenters. The van der Waals surface area contributed by atoms with Crippen molar-refractivity contribution in [3.05, 3.63) is 56.6 Å². The maximum Gasteiger partial charge on any atom is 0.335 e. The molecule has 0 saturated carbocycles. The van der Waals surface area contributed by atoms with Gasteiger partial charge in [0, 0.05) is 17.1 Å². The Hall–Kier alpha value is -1.88. The van der Waals surface area contributed by atoms with Gasteiger partial charge in [-0.25, -0.2) is 4.79 Å². The van der Waals surface area contributed by atoms with E-state index >= 15 is 0 Å². The monoisotopic (exact) mass is 235 g/mol. The van der Waals surface area contributed by atoms with Crippen LogP contribution in [0.4, 0.5) is 0 Å². The van der Waals surface area contributed by atoms with Gasteiger partial charge >= 0.3 is 5.97 Å². The molecule has 4 nitrogen and oxygen atoms in total. The molecule has 2 aromatic heterocycles. The fourth-order valence-electron chi connectivity index (χ4n) is 1.34. The molecule has 0 unspecified atom stereocenters. The molecule has 1 N–H and O–H groups in total. The third-order valence-electron chi connectivity index (χ3n) is 2.15. The molecule has 16 heavy (non-hydrogen) atoms. The fraction of sp³-hybridized carbons (Fsp3) is 0.0909. The molecule has 0 bridgehead atoms. The Kier molecular flexibility index (Phi) is 2.87. The first-order valence-corrected chi connectivity index (χ1v) is 5.51. The predicted molar refractivity (Wildman–Crippen MR) is 61.1 cm³/mol. The molecule has 0 radical (unpaired) electrons. The molecular formula is C11H9NO3S. The van der Waals surface area contributed by atoms with Crippen LogP contribution in [0.5, 0.6) is 0 Å². The molecule has 2 heterocycles. The van der Waals surface area contributed by atoms with Crippen molar-refractivity contribution in [2.45, 2.75) is 6.54 Å². The summed E-state index contributed by atoms with van der Waals surface area (Å²) >= 11 is 1.56. The molecule has 0 fully saturated rings. The van der Waals surface area contributed by atoms with Crippen LogP contribution in [-0.2, 0) is 6.54 Å². The van der Waals surface area contributed by atoms with E-state index < -0.39 is 5.97 Å². The number of aromatic carboxylic acids is 1. The Morgan fingerprint density at radius 2 is 2.25 bits per heavy atom. The number of hydrogen-bond acceptors (Lipinski definition) is 3. The summed E-state index contributed by atoms with van der Waals surface area (Å²) in [7, 11) is 0. The quantitative estimate of drug-likeness (QED) is 0.880. The SMILES string of the molecule is O=C(O)c1ccn(Cc2cccs2)c(=O)c1. The zero-order valence-corrected chi connectivity index (χ0v) is 9.11. The first-order valence-electron chi connectivity index (χ1n) is 4.63. The third-order valence-corrected chi connectivity index (χ3v) is 3.01. The van der Waals surface area contributed by atoms with Crippen molar-refractivity contribution < 1.29 is 9.90 Å². The molecule has 0 aromatic carbocycles. The summed E-state index contributed by atoms with van der Waals surface area (Å²) in [6.07, 6.45) is 1.51. The van der Waals surface area contributed by atoms with Crippen molar-refractivity contribution in [2.24, 2.45) is 0 Å². The van der Waals surface area contributed by atoms with Crippen LogP contribution in [0, 0.1) is 0 Å². The van der Waals surface area contributed by atoms with Crippen LogP contribution in [0.1, 0.15) is 15.2 Å². The Labute approximate surface area is 95.4 Å². The van der Waals surface area contributed by atoms with Gasteiger partial charge in [-0.2, -0.15) is 0 Å². The predicted octanol–water partition coefficient (Wildman–Crippen LogP) is 1.66. The van der Waals surface area contributed by atoms with Crippen LogP contribution < -0.4 is 5.56 Å².